The van der Waals surface area contributed by atoms with Crippen LogP contribution in [0.2, 0.25) is 0 Å². The number of aromatic nitrogens is 1. The summed E-state index contributed by atoms with van der Waals surface area (Å²) in [6.07, 6.45) is 7.35. The maximum absolute atomic E-state index is 11.4. The Morgan fingerprint density at radius 2 is 1.90 bits per heavy atom. The molecule has 3 aromatic rings. The first-order valence-corrected chi connectivity index (χ1v) is 6.12. The van der Waals surface area contributed by atoms with Crippen LogP contribution in [0.4, 0.5) is 0 Å². The molecule has 0 aliphatic heterocycles. The van der Waals surface area contributed by atoms with E-state index in [4.69, 9.17) is 6.42 Å². The number of carboxylic acids is 1. The normalized spacial score (nSPS) is 10.3. The standard InChI is InChI=1S/C17H11NO2/c1-2-12-7-5-8-14(17(19)20)16(12)18-11-10-13-6-3-4-9-15(13)18/h1,3-11H,(H,19,20). The van der Waals surface area contributed by atoms with Gasteiger partial charge in [-0.2, -0.15) is 0 Å². The Bertz CT molecular complexity index is 853. The van der Waals surface area contributed by atoms with Crippen LogP contribution in [0.5, 0.6) is 0 Å². The molecule has 0 aliphatic carbocycles. The van der Waals surface area contributed by atoms with Crippen molar-refractivity contribution in [2.24, 2.45) is 0 Å². The number of rotatable bonds is 2. The largest absolute Gasteiger partial charge is 0.478 e. The number of hydrogen-bond acceptors (Lipinski definition) is 1. The summed E-state index contributed by atoms with van der Waals surface area (Å²) in [5, 5.41) is 10.4. The van der Waals surface area contributed by atoms with Gasteiger partial charge in [-0.05, 0) is 29.7 Å². The first-order chi connectivity index (χ1) is 9.72. The zero-order chi connectivity index (χ0) is 14.1. The number of hydrogen-bond donors (Lipinski definition) is 1. The number of aromatic carboxylic acids is 1. The van der Waals surface area contributed by atoms with E-state index in [1.54, 1.807) is 18.2 Å². The van der Waals surface area contributed by atoms with Gasteiger partial charge in [0.1, 0.15) is 0 Å². The number of benzene rings is 2. The molecule has 0 radical (unpaired) electrons. The number of carboxylic acid groups (broad SMARTS) is 1. The predicted octanol–water partition coefficient (Wildman–Crippen LogP) is 3.31. The third-order valence-electron chi connectivity index (χ3n) is 3.26. The van der Waals surface area contributed by atoms with E-state index in [9.17, 15) is 9.90 Å². The van der Waals surface area contributed by atoms with Gasteiger partial charge in [0.05, 0.1) is 16.8 Å². The fourth-order valence-electron chi connectivity index (χ4n) is 2.37. The van der Waals surface area contributed by atoms with Gasteiger partial charge in [0.15, 0.2) is 0 Å². The summed E-state index contributed by atoms with van der Waals surface area (Å²) >= 11 is 0. The SMILES string of the molecule is C#Cc1cccc(C(=O)O)c1-n1ccc2ccccc21. The number of terminal acetylenes is 1. The van der Waals surface area contributed by atoms with Crippen LogP contribution in [0.1, 0.15) is 15.9 Å². The number of para-hydroxylation sites is 2. The molecule has 0 bridgehead atoms. The van der Waals surface area contributed by atoms with Gasteiger partial charge in [-0.3, -0.25) is 0 Å². The second-order valence-electron chi connectivity index (χ2n) is 4.40. The van der Waals surface area contributed by atoms with Crippen molar-refractivity contribution in [1.29, 1.82) is 0 Å². The number of carbonyl (C=O) groups is 1. The molecular formula is C17H11NO2. The molecule has 3 rings (SSSR count). The van der Waals surface area contributed by atoms with Crippen molar-refractivity contribution in [3.8, 4) is 18.0 Å². The van der Waals surface area contributed by atoms with Crippen LogP contribution in [0, 0.1) is 12.3 Å². The van der Waals surface area contributed by atoms with Crippen LogP contribution < -0.4 is 0 Å². The summed E-state index contributed by atoms with van der Waals surface area (Å²) in [7, 11) is 0. The second kappa shape index (κ2) is 4.60. The van der Waals surface area contributed by atoms with E-state index in [2.05, 4.69) is 5.92 Å². The summed E-state index contributed by atoms with van der Waals surface area (Å²) in [5.74, 6) is 1.57. The van der Waals surface area contributed by atoms with E-state index >= 15 is 0 Å². The van der Waals surface area contributed by atoms with Crippen molar-refractivity contribution >= 4 is 16.9 Å². The van der Waals surface area contributed by atoms with Crippen molar-refractivity contribution < 1.29 is 9.90 Å². The third-order valence-corrected chi connectivity index (χ3v) is 3.26. The second-order valence-corrected chi connectivity index (χ2v) is 4.40. The Morgan fingerprint density at radius 3 is 2.65 bits per heavy atom. The number of nitrogens with zero attached hydrogens (tertiary/aromatic N) is 1. The monoisotopic (exact) mass is 261 g/mol. The van der Waals surface area contributed by atoms with Gasteiger partial charge in [-0.25, -0.2) is 4.79 Å². The molecule has 2 aromatic carbocycles. The average molecular weight is 261 g/mol. The highest BCUT2D eigenvalue weighted by molar-refractivity contribution is 5.95. The van der Waals surface area contributed by atoms with Crippen molar-refractivity contribution in [3.05, 3.63) is 65.9 Å². The summed E-state index contributed by atoms with van der Waals surface area (Å²) < 4.78 is 1.83. The minimum absolute atomic E-state index is 0.196. The first kappa shape index (κ1) is 12.1. The first-order valence-electron chi connectivity index (χ1n) is 6.12. The molecule has 0 spiro atoms. The van der Waals surface area contributed by atoms with Gasteiger partial charge in [0.2, 0.25) is 0 Å². The van der Waals surface area contributed by atoms with Gasteiger partial charge in [-0.15, -0.1) is 6.42 Å². The summed E-state index contributed by atoms with van der Waals surface area (Å²) in [6, 6.07) is 14.7. The third kappa shape index (κ3) is 1.75. The smallest absolute Gasteiger partial charge is 0.337 e. The lowest BCUT2D eigenvalue weighted by molar-refractivity contribution is 0.0697. The van der Waals surface area contributed by atoms with Crippen LogP contribution in [0.25, 0.3) is 16.6 Å². The lowest BCUT2D eigenvalue weighted by atomic mass is 10.1. The minimum atomic E-state index is -0.991. The molecule has 96 valence electrons. The van der Waals surface area contributed by atoms with Crippen LogP contribution in [0.3, 0.4) is 0 Å². The van der Waals surface area contributed by atoms with Crippen molar-refractivity contribution in [2.45, 2.75) is 0 Å². The van der Waals surface area contributed by atoms with Gasteiger partial charge in [0, 0.05) is 11.8 Å². The van der Waals surface area contributed by atoms with Crippen molar-refractivity contribution in [1.82, 2.24) is 4.57 Å². The zero-order valence-electron chi connectivity index (χ0n) is 10.6. The van der Waals surface area contributed by atoms with Crippen LogP contribution in [-0.2, 0) is 0 Å². The molecule has 0 unspecified atom stereocenters. The molecule has 0 saturated heterocycles. The van der Waals surface area contributed by atoms with Crippen LogP contribution >= 0.6 is 0 Å². The Kier molecular flexibility index (Phi) is 2.77. The average Bonchev–Trinajstić information content (AvgIpc) is 2.90. The maximum Gasteiger partial charge on any atom is 0.337 e. The fourth-order valence-corrected chi connectivity index (χ4v) is 2.37. The molecule has 20 heavy (non-hydrogen) atoms. The Labute approximate surface area is 116 Å². The lowest BCUT2D eigenvalue weighted by Crippen LogP contribution is -2.06. The topological polar surface area (TPSA) is 42.2 Å². The molecule has 0 fully saturated rings. The van der Waals surface area contributed by atoms with E-state index in [0.717, 1.165) is 10.9 Å². The van der Waals surface area contributed by atoms with E-state index in [-0.39, 0.29) is 5.56 Å². The summed E-state index contributed by atoms with van der Waals surface area (Å²) in [4.78, 5) is 11.4. The molecule has 0 aliphatic rings. The summed E-state index contributed by atoms with van der Waals surface area (Å²) in [5.41, 5.74) is 2.22. The molecule has 3 nitrogen and oxygen atoms in total. The maximum atomic E-state index is 11.4. The molecule has 1 aromatic heterocycles. The van der Waals surface area contributed by atoms with Gasteiger partial charge < -0.3 is 9.67 Å². The Balaban J connectivity index is 2.40. The Hall–Kier alpha value is -2.99. The number of fused-ring (bicyclic) bond motifs is 1. The van der Waals surface area contributed by atoms with Crippen LogP contribution in [-0.4, -0.2) is 15.6 Å². The molecule has 3 heteroatoms. The minimum Gasteiger partial charge on any atom is -0.478 e. The van der Waals surface area contributed by atoms with Gasteiger partial charge >= 0.3 is 5.97 Å². The highest BCUT2D eigenvalue weighted by atomic mass is 16.4. The predicted molar refractivity (Wildman–Crippen MR) is 78.2 cm³/mol. The van der Waals surface area contributed by atoms with E-state index < -0.39 is 5.97 Å². The molecule has 1 N–H and O–H groups in total. The zero-order valence-corrected chi connectivity index (χ0v) is 10.6. The van der Waals surface area contributed by atoms with E-state index in [0.29, 0.717) is 11.3 Å². The highest BCUT2D eigenvalue weighted by Crippen LogP contribution is 2.25. The molecule has 0 saturated carbocycles. The fraction of sp³-hybridized carbons (Fsp3) is 0. The summed E-state index contributed by atoms with van der Waals surface area (Å²) in [6.45, 7) is 0. The highest BCUT2D eigenvalue weighted by Gasteiger charge is 2.16. The molecular weight excluding hydrogens is 250 g/mol. The molecule has 0 amide bonds. The van der Waals surface area contributed by atoms with Gasteiger partial charge in [0.25, 0.3) is 0 Å². The van der Waals surface area contributed by atoms with E-state index in [1.807, 2.05) is 41.1 Å². The molecule has 1 heterocycles. The van der Waals surface area contributed by atoms with Gasteiger partial charge in [-0.1, -0.05) is 30.2 Å². The van der Waals surface area contributed by atoms with Crippen LogP contribution in [0.15, 0.2) is 54.7 Å². The lowest BCUT2D eigenvalue weighted by Gasteiger charge is -2.11. The van der Waals surface area contributed by atoms with E-state index in [1.165, 1.54) is 0 Å². The van der Waals surface area contributed by atoms with Crippen molar-refractivity contribution in [2.75, 3.05) is 0 Å². The van der Waals surface area contributed by atoms with Crippen molar-refractivity contribution in [3.63, 3.8) is 0 Å². The molecule has 0 atom stereocenters. The quantitative estimate of drug-likeness (QED) is 0.719. The Morgan fingerprint density at radius 1 is 1.10 bits per heavy atom.